The zero-order valence-corrected chi connectivity index (χ0v) is 13.2. The first-order chi connectivity index (χ1) is 11.6. The van der Waals surface area contributed by atoms with Crippen LogP contribution >= 0.6 is 0 Å². The van der Waals surface area contributed by atoms with Gasteiger partial charge in [0.1, 0.15) is 4.92 Å². The second-order valence-corrected chi connectivity index (χ2v) is 5.84. The molecule has 7 heteroatoms. The number of carbonyl (C=O) groups is 1. The Hall–Kier alpha value is -2.67. The first kappa shape index (κ1) is 16.2. The minimum atomic E-state index is -0.675. The third kappa shape index (κ3) is 3.99. The summed E-state index contributed by atoms with van der Waals surface area (Å²) in [5.74, 6) is -1.04. The number of rotatable bonds is 6. The molecular weight excluding hydrogens is 310 g/mol. The lowest BCUT2D eigenvalue weighted by atomic mass is 10.1. The summed E-state index contributed by atoms with van der Waals surface area (Å²) in [6.07, 6.45) is 3.56. The maximum absolute atomic E-state index is 12.0. The van der Waals surface area contributed by atoms with E-state index < -0.39 is 16.7 Å². The van der Waals surface area contributed by atoms with Crippen molar-refractivity contribution in [2.45, 2.75) is 19.3 Å². The Balaban J connectivity index is 1.54. The van der Waals surface area contributed by atoms with Crippen LogP contribution < -0.4 is 5.32 Å². The predicted molar refractivity (Wildman–Crippen MR) is 89.1 cm³/mol. The number of amides is 1. The normalized spacial score (nSPS) is 14.7. The topological polar surface area (TPSA) is 88.6 Å². The first-order valence-corrected chi connectivity index (χ1v) is 7.99. The first-order valence-electron chi connectivity index (χ1n) is 7.99. The molecule has 0 unspecified atom stereocenters. The average Bonchev–Trinajstić information content (AvgIpc) is 3.26. The molecule has 0 aliphatic carbocycles. The highest BCUT2D eigenvalue weighted by Gasteiger charge is 2.17. The average molecular weight is 329 g/mol. The van der Waals surface area contributed by atoms with Gasteiger partial charge in [0.05, 0.1) is 6.07 Å². The molecule has 24 heavy (non-hydrogen) atoms. The summed E-state index contributed by atoms with van der Waals surface area (Å²) in [7, 11) is 0. The highest BCUT2D eigenvalue weighted by atomic mass is 16.6. The monoisotopic (exact) mass is 329 g/mol. The van der Waals surface area contributed by atoms with Gasteiger partial charge in [0.25, 0.3) is 5.91 Å². The summed E-state index contributed by atoms with van der Waals surface area (Å²) in [5, 5.41) is 13.2. The minimum absolute atomic E-state index is 0.0835. The molecule has 1 aromatic carbocycles. The highest BCUT2D eigenvalue weighted by molar-refractivity contribution is 6.02. The van der Waals surface area contributed by atoms with Crippen molar-refractivity contribution in [2.24, 2.45) is 0 Å². The number of nitro groups is 1. The van der Waals surface area contributed by atoms with E-state index in [1.165, 1.54) is 37.6 Å². The third-order valence-electron chi connectivity index (χ3n) is 4.12. The van der Waals surface area contributed by atoms with Crippen molar-refractivity contribution in [2.75, 3.05) is 25.0 Å². The van der Waals surface area contributed by atoms with Gasteiger partial charge in [-0.2, -0.15) is 0 Å². The number of anilines is 1. The Labute approximate surface area is 139 Å². The van der Waals surface area contributed by atoms with E-state index in [-0.39, 0.29) is 5.76 Å². The second-order valence-electron chi connectivity index (χ2n) is 5.84. The van der Waals surface area contributed by atoms with E-state index >= 15 is 0 Å². The highest BCUT2D eigenvalue weighted by Crippen LogP contribution is 2.18. The van der Waals surface area contributed by atoms with Crippen LogP contribution in [0.3, 0.4) is 0 Å². The molecule has 7 nitrogen and oxygen atoms in total. The van der Waals surface area contributed by atoms with Crippen LogP contribution in [0.2, 0.25) is 0 Å². The third-order valence-corrected chi connectivity index (χ3v) is 4.12. The van der Waals surface area contributed by atoms with Crippen LogP contribution in [0.1, 0.15) is 29.0 Å². The Kier molecular flexibility index (Phi) is 4.90. The quantitative estimate of drug-likeness (QED) is 0.650. The van der Waals surface area contributed by atoms with Crippen LogP contribution in [-0.4, -0.2) is 35.4 Å². The summed E-state index contributed by atoms with van der Waals surface area (Å²) < 4.78 is 4.88. The molecule has 0 atom stereocenters. The number of nitrogens with one attached hydrogen (secondary N) is 1. The number of hydrogen-bond donors (Lipinski definition) is 1. The summed E-state index contributed by atoms with van der Waals surface area (Å²) in [6, 6.07) is 10.1. The van der Waals surface area contributed by atoms with Crippen molar-refractivity contribution in [1.29, 1.82) is 0 Å². The predicted octanol–water partition coefficient (Wildman–Crippen LogP) is 3.08. The summed E-state index contributed by atoms with van der Waals surface area (Å²) >= 11 is 0. The lowest BCUT2D eigenvalue weighted by Gasteiger charge is -2.14. The van der Waals surface area contributed by atoms with Crippen LogP contribution in [0.15, 0.2) is 40.8 Å². The molecule has 1 fully saturated rings. The molecule has 0 spiro atoms. The van der Waals surface area contributed by atoms with E-state index in [9.17, 15) is 14.9 Å². The van der Waals surface area contributed by atoms with E-state index in [0.29, 0.717) is 5.69 Å². The number of nitrogens with zero attached hydrogens (tertiary/aromatic N) is 2. The molecule has 0 radical (unpaired) electrons. The fraction of sp³-hybridized carbons (Fsp3) is 0.353. The van der Waals surface area contributed by atoms with Crippen LogP contribution in [0.5, 0.6) is 0 Å². The lowest BCUT2D eigenvalue weighted by Crippen LogP contribution is -2.21. The summed E-state index contributed by atoms with van der Waals surface area (Å²) in [4.78, 5) is 24.3. The van der Waals surface area contributed by atoms with Crippen molar-refractivity contribution in [3.63, 3.8) is 0 Å². The Morgan fingerprint density at radius 1 is 1.17 bits per heavy atom. The van der Waals surface area contributed by atoms with Crippen LogP contribution in [0, 0.1) is 10.1 Å². The molecule has 1 saturated heterocycles. The molecule has 1 aromatic heterocycles. The molecule has 1 aliphatic rings. The molecule has 1 N–H and O–H groups in total. The Morgan fingerprint density at radius 2 is 1.88 bits per heavy atom. The van der Waals surface area contributed by atoms with Crippen LogP contribution in [0.4, 0.5) is 11.6 Å². The van der Waals surface area contributed by atoms with Crippen molar-refractivity contribution >= 4 is 17.5 Å². The number of hydrogen-bond acceptors (Lipinski definition) is 5. The van der Waals surface area contributed by atoms with Crippen molar-refractivity contribution in [3.8, 4) is 0 Å². The molecule has 1 amide bonds. The number of likely N-dealkylation sites (tertiary alicyclic amines) is 1. The maximum atomic E-state index is 12.0. The fourth-order valence-corrected chi connectivity index (χ4v) is 2.79. The SMILES string of the molecule is O=C(Nc1ccc(CCN2CCCC2)cc1)c1ccc([N+](=O)[O-])o1. The van der Waals surface area contributed by atoms with E-state index in [4.69, 9.17) is 4.42 Å². The number of carbonyl (C=O) groups excluding carboxylic acids is 1. The maximum Gasteiger partial charge on any atom is 0.433 e. The number of benzene rings is 1. The smallest absolute Gasteiger partial charge is 0.395 e. The molecule has 3 rings (SSSR count). The van der Waals surface area contributed by atoms with Crippen LogP contribution in [0.25, 0.3) is 0 Å². The molecular formula is C17H19N3O4. The molecule has 0 saturated carbocycles. The van der Waals surface area contributed by atoms with Gasteiger partial charge >= 0.3 is 5.88 Å². The molecule has 1 aliphatic heterocycles. The van der Waals surface area contributed by atoms with Gasteiger partial charge in [-0.3, -0.25) is 14.9 Å². The molecule has 2 aromatic rings. The largest absolute Gasteiger partial charge is 0.433 e. The zero-order chi connectivity index (χ0) is 16.9. The molecule has 126 valence electrons. The van der Waals surface area contributed by atoms with E-state index in [2.05, 4.69) is 10.2 Å². The summed E-state index contributed by atoms with van der Waals surface area (Å²) in [5.41, 5.74) is 1.84. The molecule has 0 bridgehead atoms. The zero-order valence-electron chi connectivity index (χ0n) is 13.2. The minimum Gasteiger partial charge on any atom is -0.395 e. The fourth-order valence-electron chi connectivity index (χ4n) is 2.79. The van der Waals surface area contributed by atoms with Gasteiger partial charge in [0.15, 0.2) is 5.76 Å². The van der Waals surface area contributed by atoms with Gasteiger partial charge in [0.2, 0.25) is 0 Å². The Bertz CT molecular complexity index is 718. The van der Waals surface area contributed by atoms with E-state index in [0.717, 1.165) is 19.0 Å². The van der Waals surface area contributed by atoms with Crippen LogP contribution in [-0.2, 0) is 6.42 Å². The summed E-state index contributed by atoms with van der Waals surface area (Å²) in [6.45, 7) is 3.43. The van der Waals surface area contributed by atoms with E-state index in [1.807, 2.05) is 24.3 Å². The van der Waals surface area contributed by atoms with Crippen molar-refractivity contribution in [1.82, 2.24) is 4.90 Å². The molecule has 2 heterocycles. The van der Waals surface area contributed by atoms with Crippen molar-refractivity contribution < 1.29 is 14.1 Å². The number of furan rings is 1. The van der Waals surface area contributed by atoms with Gasteiger partial charge in [0, 0.05) is 12.2 Å². The van der Waals surface area contributed by atoms with E-state index in [1.54, 1.807) is 0 Å². The van der Waals surface area contributed by atoms with Gasteiger partial charge in [-0.05, 0) is 56.1 Å². The second kappa shape index (κ2) is 7.27. The van der Waals surface area contributed by atoms with Crippen molar-refractivity contribution in [3.05, 3.63) is 57.8 Å². The lowest BCUT2D eigenvalue weighted by molar-refractivity contribution is -0.402. The van der Waals surface area contributed by atoms with Gasteiger partial charge in [-0.25, -0.2) is 0 Å². The van der Waals surface area contributed by atoms with Gasteiger partial charge < -0.3 is 14.6 Å². The van der Waals surface area contributed by atoms with Gasteiger partial charge in [-0.1, -0.05) is 12.1 Å². The standard InChI is InChI=1S/C17H19N3O4/c21-17(15-7-8-16(24-15)20(22)23)18-14-5-3-13(4-6-14)9-12-19-10-1-2-11-19/h3-8H,1-2,9-12H2,(H,18,21). The Morgan fingerprint density at radius 3 is 2.50 bits per heavy atom. The van der Waals surface area contributed by atoms with Gasteiger partial charge in [-0.15, -0.1) is 0 Å².